The first-order chi connectivity index (χ1) is 65.6. The van der Waals surface area contributed by atoms with Crippen molar-refractivity contribution in [1.29, 1.82) is 0 Å². The zero-order valence-electron chi connectivity index (χ0n) is 76.7. The van der Waals surface area contributed by atoms with Crippen molar-refractivity contribution in [2.24, 2.45) is 0 Å². The van der Waals surface area contributed by atoms with Gasteiger partial charge in [-0.15, -0.1) is 0 Å². The van der Waals surface area contributed by atoms with Crippen LogP contribution in [0.15, 0.2) is 478 Å². The van der Waals surface area contributed by atoms with E-state index < -0.39 is 62.1 Å². The zero-order valence-corrected chi connectivity index (χ0v) is 87.9. The molecule has 0 spiro atoms. The van der Waals surface area contributed by atoms with Crippen LogP contribution in [0.2, 0.25) is 10.0 Å². The SMILES string of the molecule is COc1c(Cl)cccc1B(O)O.COc1ccccc1-c1ccc(-c2cccc(Cl)c2OC)c(F)c1F.COc1ccccc1-c1ccc(Br)c(F)c1F.O=CO[O-].[H-].[Na+].[Na+].[Pd].c1ccc(P(c2ccccc2)c2ccccc2)cc1.c1ccc(P(c2ccccc2)c2ccccc2)cc1.c1ccc(P(c2ccccc2)c2ccccc2)cc1.c1ccc(P(c2ccccc2)c2ccccc2)cc1. The largest absolute Gasteiger partial charge is 1.00 e. The van der Waals surface area contributed by atoms with E-state index in [9.17, 15) is 17.6 Å². The summed E-state index contributed by atoms with van der Waals surface area (Å²) in [5.74, 6) is -2.13. The Hall–Kier alpha value is -10.3. The van der Waals surface area contributed by atoms with E-state index in [4.69, 9.17) is 62.2 Å². The minimum Gasteiger partial charge on any atom is -1.00 e. The van der Waals surface area contributed by atoms with Crippen LogP contribution in [0.5, 0.6) is 23.0 Å². The molecule has 24 heteroatoms. The molecule has 0 aliphatic rings. The zero-order chi connectivity index (χ0) is 94.6. The summed E-state index contributed by atoms with van der Waals surface area (Å²) in [7, 11) is 2.49. The van der Waals surface area contributed by atoms with Gasteiger partial charge in [0, 0.05) is 59.3 Å². The fourth-order valence-electron chi connectivity index (χ4n) is 14.0. The summed E-state index contributed by atoms with van der Waals surface area (Å²) in [6.45, 7) is -0.181. The summed E-state index contributed by atoms with van der Waals surface area (Å²) >= 11 is 14.7. The third-order valence-corrected chi connectivity index (χ3v) is 31.0. The molecule has 0 atom stereocenters. The third-order valence-electron chi connectivity index (χ3n) is 20.1. The van der Waals surface area contributed by atoms with Gasteiger partial charge in [0.25, 0.3) is 6.47 Å². The van der Waals surface area contributed by atoms with Crippen LogP contribution >= 0.6 is 70.8 Å². The summed E-state index contributed by atoms with van der Waals surface area (Å²) < 4.78 is 77.4. The predicted molar refractivity (Wildman–Crippen MR) is 558 cm³/mol. The second-order valence-corrected chi connectivity index (χ2v) is 39.1. The number of rotatable bonds is 21. The Kier molecular flexibility index (Phi) is 50.1. The second-order valence-electron chi connectivity index (χ2n) is 28.5. The van der Waals surface area contributed by atoms with Gasteiger partial charge in [0.05, 0.1) is 43.0 Å². The van der Waals surface area contributed by atoms with Gasteiger partial charge in [-0.25, -0.2) is 17.6 Å². The van der Waals surface area contributed by atoms with Crippen LogP contribution in [-0.4, -0.2) is 52.1 Å². The summed E-state index contributed by atoms with van der Waals surface area (Å²) in [6.07, 6.45) is 0. The molecule has 18 aromatic carbocycles. The van der Waals surface area contributed by atoms with Crippen molar-refractivity contribution in [3.8, 4) is 56.4 Å². The van der Waals surface area contributed by atoms with Crippen molar-refractivity contribution in [2.75, 3.05) is 28.4 Å². The number of halogens is 7. The van der Waals surface area contributed by atoms with E-state index >= 15 is 0 Å². The minimum atomic E-state index is -1.56. The Balaban J connectivity index is 0.000000218. The maximum absolute atomic E-state index is 14.8. The quantitative estimate of drug-likeness (QED) is 0.0138. The first-order valence-corrected chi connectivity index (χ1v) is 49.0. The van der Waals surface area contributed by atoms with Gasteiger partial charge in [-0.05, 0) is 148 Å². The summed E-state index contributed by atoms with van der Waals surface area (Å²) in [4.78, 5) is 11.2. The number of carbonyl (C=O) groups is 1. The van der Waals surface area contributed by atoms with E-state index in [0.29, 0.717) is 49.7 Å². The maximum atomic E-state index is 14.8. The Morgan fingerprint density at radius 2 is 0.474 bits per heavy atom. The molecule has 2 N–H and O–H groups in total. The van der Waals surface area contributed by atoms with Crippen molar-refractivity contribution < 1.29 is 142 Å². The molecule has 0 heterocycles. The number of hydrogen-bond acceptors (Lipinski definition) is 9. The van der Waals surface area contributed by atoms with E-state index in [1.165, 1.54) is 122 Å². The number of para-hydroxylation sites is 4. The molecule has 0 bridgehead atoms. The first-order valence-electron chi connectivity index (χ1n) is 42.0. The normalized spacial score (nSPS) is 10.1. The standard InChI is InChI=1S/C20H15ClF2O2.4C18H15P.C13H9BrF2O.C7H8BClO3.CH2O3.2Na.Pd.H/c1-24-17-9-4-3-6-12(17)13-10-11-14(19(23)18(13)22)15-7-5-8-16(21)20(15)25-2;4*1-4-10-16(11-5-1)19(17-12-6-2-7-13-17)18-14-8-3-9-15-18;1-17-11-5-3-2-4-8(11)9-6-7-10(14)13(16)12(9)15;1-12-7-5(8(10)11)3-2-4-6(7)9;2-1-4-3;;;;/h3-11H,1-2H3;4*1-15H;2-7H,1H3;2-4,10-11H,1H3;1,3H;;;;/q;;;;;;;;2*+1;;-1/p-1. The van der Waals surface area contributed by atoms with Crippen molar-refractivity contribution in [2.45, 2.75) is 0 Å². The van der Waals surface area contributed by atoms with E-state index in [0.717, 1.165) is 0 Å². The number of benzene rings is 18. The minimum absolute atomic E-state index is 0. The van der Waals surface area contributed by atoms with E-state index in [2.05, 4.69) is 385 Å². The fraction of sp³-hybridized carbons (Fsp3) is 0.0354. The van der Waals surface area contributed by atoms with E-state index in [1.807, 2.05) is 0 Å². The monoisotopic (exact) mass is 2110 g/mol. The molecule has 0 saturated heterocycles. The molecule has 18 aromatic rings. The summed E-state index contributed by atoms with van der Waals surface area (Å²) in [5, 5.41) is 43.7. The Morgan fingerprint density at radius 1 is 0.277 bits per heavy atom. The Bertz CT molecular complexity index is 5700. The maximum Gasteiger partial charge on any atom is 1.00 e. The van der Waals surface area contributed by atoms with Crippen molar-refractivity contribution in [3.63, 3.8) is 0 Å². The predicted octanol–water partition coefficient (Wildman–Crippen LogP) is 16.7. The first kappa shape index (κ1) is 112. The molecule has 0 saturated carbocycles. The van der Waals surface area contributed by atoms with E-state index in [-0.39, 0.29) is 114 Å². The molecular weight excluding hydrogens is 2020 g/mol. The average molecular weight is 2110 g/mol. The summed E-state index contributed by atoms with van der Waals surface area (Å²) in [5.41, 5.74) is 2.05. The van der Waals surface area contributed by atoms with Gasteiger partial charge >= 0.3 is 66.2 Å². The second kappa shape index (κ2) is 61.2. The van der Waals surface area contributed by atoms with E-state index in [1.54, 1.807) is 78.9 Å². The molecule has 0 aromatic heterocycles. The van der Waals surface area contributed by atoms with Gasteiger partial charge in [0.2, 0.25) is 0 Å². The van der Waals surface area contributed by atoms with Crippen molar-refractivity contribution >= 4 is 154 Å². The van der Waals surface area contributed by atoms with Crippen LogP contribution in [0.1, 0.15) is 1.43 Å². The molecule has 9 nitrogen and oxygen atoms in total. The van der Waals surface area contributed by atoms with Gasteiger partial charge in [-0.3, -0.25) is 4.79 Å². The molecule has 0 fully saturated rings. The summed E-state index contributed by atoms with van der Waals surface area (Å²) in [6, 6.07) is 159. The topological polar surface area (TPSA) is 127 Å². The van der Waals surface area contributed by atoms with Crippen LogP contribution in [0.25, 0.3) is 33.4 Å². The van der Waals surface area contributed by atoms with Gasteiger partial charge in [-0.2, -0.15) is 0 Å². The Labute approximate surface area is 882 Å². The third kappa shape index (κ3) is 32.7. The number of carbonyl (C=O) groups excluding carboxylic acids is 1. The van der Waals surface area contributed by atoms with Crippen LogP contribution in [0.3, 0.4) is 0 Å². The molecule has 0 radical (unpaired) electrons. The number of hydrogen-bond donors (Lipinski definition) is 2. The van der Waals surface area contributed by atoms with Crippen LogP contribution in [0.4, 0.5) is 17.6 Å². The smallest absolute Gasteiger partial charge is 1.00 e. The van der Waals surface area contributed by atoms with Gasteiger partial charge < -0.3 is 40.6 Å². The fourth-order valence-corrected chi connectivity index (χ4v) is 24.1. The van der Waals surface area contributed by atoms with Crippen LogP contribution in [0, 0.1) is 23.3 Å². The molecule has 18 rings (SSSR count). The molecule has 0 aliphatic heterocycles. The average Bonchev–Trinajstić information content (AvgIpc) is 0.777. The van der Waals surface area contributed by atoms with Crippen LogP contribution in [-0.2, 0) is 30.1 Å². The van der Waals surface area contributed by atoms with Gasteiger partial charge in [-0.1, -0.05) is 460 Å². The van der Waals surface area contributed by atoms with Crippen molar-refractivity contribution in [1.82, 2.24) is 0 Å². The number of methoxy groups -OCH3 is 4. The molecule has 0 aliphatic carbocycles. The number of ether oxygens (including phenoxy) is 4. The molecule has 0 amide bonds. The molecular formula is C113H94BBrCl2F4Na2O9P4Pd. The molecule has 137 heavy (non-hydrogen) atoms. The molecule has 684 valence electrons. The van der Waals surface area contributed by atoms with Gasteiger partial charge in [0.15, 0.2) is 23.3 Å². The Morgan fingerprint density at radius 3 is 0.693 bits per heavy atom. The van der Waals surface area contributed by atoms with Crippen molar-refractivity contribution in [3.05, 3.63) is 511 Å². The van der Waals surface area contributed by atoms with Gasteiger partial charge in [0.1, 0.15) is 23.0 Å². The molecule has 0 unspecified atom stereocenters. The van der Waals surface area contributed by atoms with Crippen LogP contribution < -0.4 is 152 Å².